The fourth-order valence-electron chi connectivity index (χ4n) is 1.70. The number of benzene rings is 1. The van der Waals surface area contributed by atoms with Crippen molar-refractivity contribution in [1.29, 1.82) is 0 Å². The number of sulfonamides is 1. The van der Waals surface area contributed by atoms with Crippen molar-refractivity contribution in [3.63, 3.8) is 0 Å². The maximum Gasteiger partial charge on any atom is 0.244 e. The van der Waals surface area contributed by atoms with E-state index in [2.05, 4.69) is 10.0 Å². The molecule has 21 heavy (non-hydrogen) atoms. The minimum absolute atomic E-state index is 0.189. The Morgan fingerprint density at radius 2 is 1.90 bits per heavy atom. The van der Waals surface area contributed by atoms with Crippen molar-refractivity contribution in [3.8, 4) is 0 Å². The Kier molecular flexibility index (Phi) is 5.61. The van der Waals surface area contributed by atoms with Crippen LogP contribution in [0, 0.1) is 0 Å². The predicted octanol–water partition coefficient (Wildman–Crippen LogP) is 2.17. The van der Waals surface area contributed by atoms with Crippen molar-refractivity contribution in [3.05, 3.63) is 23.2 Å². The van der Waals surface area contributed by atoms with Gasteiger partial charge in [0.1, 0.15) is 0 Å². The molecule has 6 nitrogen and oxygen atoms in total. The summed E-state index contributed by atoms with van der Waals surface area (Å²) in [5, 5.41) is 2.88. The Hall–Kier alpha value is -1.31. The molecule has 0 saturated heterocycles. The van der Waals surface area contributed by atoms with Crippen molar-refractivity contribution < 1.29 is 13.2 Å². The van der Waals surface area contributed by atoms with Gasteiger partial charge in [-0.05, 0) is 31.0 Å². The molecule has 0 bridgehead atoms. The molecule has 1 aromatic rings. The van der Waals surface area contributed by atoms with Crippen molar-refractivity contribution in [2.24, 2.45) is 5.73 Å². The highest BCUT2D eigenvalue weighted by atomic mass is 35.5. The molecule has 0 aliphatic rings. The zero-order valence-corrected chi connectivity index (χ0v) is 13.8. The van der Waals surface area contributed by atoms with E-state index in [0.717, 1.165) is 6.26 Å². The van der Waals surface area contributed by atoms with Gasteiger partial charge >= 0.3 is 0 Å². The summed E-state index contributed by atoms with van der Waals surface area (Å²) in [7, 11) is -3.41. The summed E-state index contributed by atoms with van der Waals surface area (Å²) in [6, 6.07) is 4.51. The average Bonchev–Trinajstić information content (AvgIpc) is 2.39. The van der Waals surface area contributed by atoms with Gasteiger partial charge in [-0.25, -0.2) is 8.42 Å². The first-order chi connectivity index (χ1) is 9.61. The maximum atomic E-state index is 12.1. The summed E-state index contributed by atoms with van der Waals surface area (Å²) < 4.78 is 24.6. The highest BCUT2D eigenvalue weighted by Crippen LogP contribution is 2.27. The molecule has 1 amide bonds. The number of rotatable bonds is 6. The van der Waals surface area contributed by atoms with Crippen LogP contribution in [0.4, 0.5) is 11.4 Å². The Labute approximate surface area is 130 Å². The Bertz CT molecular complexity index is 628. The number of anilines is 2. The standard InChI is InChI=1S/C13H20ClN3O3S/c1-4-13(15,5-2)12(18)16-9-6-7-11(10(14)8-9)17-21(3,19)20/h6-8,17H,4-5,15H2,1-3H3,(H,16,18). The Balaban J connectivity index is 2.93. The number of hydrogen-bond donors (Lipinski definition) is 3. The largest absolute Gasteiger partial charge is 0.324 e. The van der Waals surface area contributed by atoms with Crippen molar-refractivity contribution in [2.45, 2.75) is 32.2 Å². The van der Waals surface area contributed by atoms with Gasteiger partial charge in [0, 0.05) is 5.69 Å². The van der Waals surface area contributed by atoms with Crippen molar-refractivity contribution >= 4 is 38.9 Å². The summed E-state index contributed by atoms with van der Waals surface area (Å²) >= 11 is 5.99. The fraction of sp³-hybridized carbons (Fsp3) is 0.462. The molecule has 0 aliphatic heterocycles. The van der Waals surface area contributed by atoms with Gasteiger partial charge in [0.25, 0.3) is 0 Å². The van der Waals surface area contributed by atoms with Gasteiger partial charge in [-0.1, -0.05) is 25.4 Å². The van der Waals surface area contributed by atoms with Crippen LogP contribution in [0.15, 0.2) is 18.2 Å². The van der Waals surface area contributed by atoms with Crippen LogP contribution in [0.2, 0.25) is 5.02 Å². The lowest BCUT2D eigenvalue weighted by atomic mass is 9.93. The summed E-state index contributed by atoms with van der Waals surface area (Å²) in [5.41, 5.74) is 5.78. The zero-order chi connectivity index (χ0) is 16.3. The lowest BCUT2D eigenvalue weighted by Gasteiger charge is -2.25. The summed E-state index contributed by atoms with van der Waals surface area (Å²) in [6.07, 6.45) is 2.05. The van der Waals surface area contributed by atoms with Crippen LogP contribution in [-0.4, -0.2) is 26.1 Å². The summed E-state index contributed by atoms with van der Waals surface area (Å²) in [5.74, 6) is -0.299. The smallest absolute Gasteiger partial charge is 0.244 e. The molecular formula is C13H20ClN3O3S. The maximum absolute atomic E-state index is 12.1. The van der Waals surface area contributed by atoms with Gasteiger partial charge in [0.15, 0.2) is 0 Å². The molecule has 0 aromatic heterocycles. The van der Waals surface area contributed by atoms with Crippen LogP contribution in [-0.2, 0) is 14.8 Å². The second-order valence-electron chi connectivity index (χ2n) is 4.89. The second kappa shape index (κ2) is 6.64. The molecule has 0 unspecified atom stereocenters. The van der Waals surface area contributed by atoms with E-state index in [1.807, 2.05) is 13.8 Å². The lowest BCUT2D eigenvalue weighted by molar-refractivity contribution is -0.121. The molecule has 0 aliphatic carbocycles. The van der Waals surface area contributed by atoms with E-state index in [1.165, 1.54) is 12.1 Å². The molecule has 0 spiro atoms. The average molecular weight is 334 g/mol. The molecular weight excluding hydrogens is 314 g/mol. The minimum atomic E-state index is -3.41. The number of carbonyl (C=O) groups excluding carboxylic acids is 1. The van der Waals surface area contributed by atoms with Gasteiger partial charge < -0.3 is 11.1 Å². The number of hydrogen-bond acceptors (Lipinski definition) is 4. The van der Waals surface area contributed by atoms with Crippen LogP contribution >= 0.6 is 11.6 Å². The van der Waals surface area contributed by atoms with E-state index in [0.29, 0.717) is 18.5 Å². The van der Waals surface area contributed by atoms with E-state index in [1.54, 1.807) is 6.07 Å². The first kappa shape index (κ1) is 17.7. The zero-order valence-electron chi connectivity index (χ0n) is 12.2. The van der Waals surface area contributed by atoms with Crippen LogP contribution in [0.5, 0.6) is 0 Å². The first-order valence-electron chi connectivity index (χ1n) is 6.49. The monoisotopic (exact) mass is 333 g/mol. The molecule has 0 radical (unpaired) electrons. The molecule has 0 heterocycles. The van der Waals surface area contributed by atoms with E-state index in [-0.39, 0.29) is 16.6 Å². The third-order valence-corrected chi connectivity index (χ3v) is 4.14. The molecule has 0 saturated carbocycles. The molecule has 0 atom stereocenters. The lowest BCUT2D eigenvalue weighted by Crippen LogP contribution is -2.50. The normalized spacial score (nSPS) is 12.0. The molecule has 118 valence electrons. The summed E-state index contributed by atoms with van der Waals surface area (Å²) in [4.78, 5) is 12.1. The van der Waals surface area contributed by atoms with Crippen molar-refractivity contribution in [1.82, 2.24) is 0 Å². The Morgan fingerprint density at radius 3 is 2.33 bits per heavy atom. The molecule has 1 aromatic carbocycles. The van der Waals surface area contributed by atoms with Crippen LogP contribution in [0.25, 0.3) is 0 Å². The van der Waals surface area contributed by atoms with Gasteiger partial charge in [-0.3, -0.25) is 9.52 Å². The molecule has 1 rings (SSSR count). The fourth-order valence-corrected chi connectivity index (χ4v) is 2.56. The summed E-state index contributed by atoms with van der Waals surface area (Å²) in [6.45, 7) is 3.68. The van der Waals surface area contributed by atoms with Crippen LogP contribution in [0.3, 0.4) is 0 Å². The first-order valence-corrected chi connectivity index (χ1v) is 8.76. The number of nitrogens with two attached hydrogens (primary N) is 1. The van der Waals surface area contributed by atoms with E-state index >= 15 is 0 Å². The number of halogens is 1. The number of carbonyl (C=O) groups is 1. The van der Waals surface area contributed by atoms with E-state index < -0.39 is 15.6 Å². The van der Waals surface area contributed by atoms with Gasteiger partial charge in [-0.2, -0.15) is 0 Å². The quantitative estimate of drug-likeness (QED) is 0.742. The minimum Gasteiger partial charge on any atom is -0.324 e. The predicted molar refractivity (Wildman–Crippen MR) is 86.0 cm³/mol. The van der Waals surface area contributed by atoms with Crippen LogP contribution in [0.1, 0.15) is 26.7 Å². The van der Waals surface area contributed by atoms with Gasteiger partial charge in [0.05, 0.1) is 22.5 Å². The highest BCUT2D eigenvalue weighted by molar-refractivity contribution is 7.92. The molecule has 8 heteroatoms. The molecule has 4 N–H and O–H groups in total. The van der Waals surface area contributed by atoms with E-state index in [4.69, 9.17) is 17.3 Å². The van der Waals surface area contributed by atoms with Gasteiger partial charge in [-0.15, -0.1) is 0 Å². The number of nitrogens with one attached hydrogen (secondary N) is 2. The van der Waals surface area contributed by atoms with Crippen molar-refractivity contribution in [2.75, 3.05) is 16.3 Å². The number of amides is 1. The Morgan fingerprint density at radius 1 is 1.33 bits per heavy atom. The molecule has 0 fully saturated rings. The topological polar surface area (TPSA) is 101 Å². The second-order valence-corrected chi connectivity index (χ2v) is 7.04. The third-order valence-electron chi connectivity index (χ3n) is 3.24. The van der Waals surface area contributed by atoms with Crippen LogP contribution < -0.4 is 15.8 Å². The third kappa shape index (κ3) is 4.87. The van der Waals surface area contributed by atoms with Gasteiger partial charge in [0.2, 0.25) is 15.9 Å². The van der Waals surface area contributed by atoms with E-state index in [9.17, 15) is 13.2 Å². The SMILES string of the molecule is CCC(N)(CC)C(=O)Nc1ccc(NS(C)(=O)=O)c(Cl)c1. The highest BCUT2D eigenvalue weighted by Gasteiger charge is 2.29.